The average molecular weight is 296 g/mol. The van der Waals surface area contributed by atoms with Gasteiger partial charge in [0.25, 0.3) is 5.91 Å². The molecule has 0 aliphatic carbocycles. The molecule has 1 heterocycles. The highest BCUT2D eigenvalue weighted by molar-refractivity contribution is 7.89. The van der Waals surface area contributed by atoms with Gasteiger partial charge in [-0.25, -0.2) is 13.6 Å². The molecule has 1 amide bonds. The van der Waals surface area contributed by atoms with Gasteiger partial charge in [0.2, 0.25) is 10.0 Å². The van der Waals surface area contributed by atoms with Gasteiger partial charge in [0.15, 0.2) is 0 Å². The standard InChI is InChI=1S/C14H20N2O3S/c1-3-11-6-7-16(9-11)14(17)13-5-4-12(8-10(13)2)20(15,18)19/h4-5,8,11H,3,6-7,9H2,1-2H3,(H2,15,18,19). The number of benzene rings is 1. The SMILES string of the molecule is CCC1CCN(C(=O)c2ccc(S(N)(=O)=O)cc2C)C1. The fraction of sp³-hybridized carbons (Fsp3) is 0.500. The molecule has 1 aromatic rings. The van der Waals surface area contributed by atoms with Crippen molar-refractivity contribution in [3.8, 4) is 0 Å². The Morgan fingerprint density at radius 2 is 2.15 bits per heavy atom. The molecule has 0 radical (unpaired) electrons. The Morgan fingerprint density at radius 1 is 1.45 bits per heavy atom. The van der Waals surface area contributed by atoms with Crippen LogP contribution in [0.2, 0.25) is 0 Å². The van der Waals surface area contributed by atoms with Crippen molar-refractivity contribution in [2.45, 2.75) is 31.6 Å². The quantitative estimate of drug-likeness (QED) is 0.918. The van der Waals surface area contributed by atoms with Gasteiger partial charge in [-0.3, -0.25) is 4.79 Å². The van der Waals surface area contributed by atoms with Gasteiger partial charge in [-0.2, -0.15) is 0 Å². The summed E-state index contributed by atoms with van der Waals surface area (Å²) in [5.74, 6) is 0.544. The van der Waals surface area contributed by atoms with Crippen LogP contribution < -0.4 is 5.14 Å². The molecule has 5 nitrogen and oxygen atoms in total. The van der Waals surface area contributed by atoms with E-state index in [0.717, 1.165) is 25.9 Å². The van der Waals surface area contributed by atoms with E-state index in [2.05, 4.69) is 6.92 Å². The van der Waals surface area contributed by atoms with Crippen LogP contribution in [0.5, 0.6) is 0 Å². The molecule has 20 heavy (non-hydrogen) atoms. The minimum atomic E-state index is -3.72. The summed E-state index contributed by atoms with van der Waals surface area (Å²) in [5.41, 5.74) is 1.19. The minimum Gasteiger partial charge on any atom is -0.338 e. The second-order valence-electron chi connectivity index (χ2n) is 5.34. The van der Waals surface area contributed by atoms with E-state index < -0.39 is 10.0 Å². The maximum absolute atomic E-state index is 12.4. The van der Waals surface area contributed by atoms with Crippen molar-refractivity contribution < 1.29 is 13.2 Å². The molecular formula is C14H20N2O3S. The summed E-state index contributed by atoms with van der Waals surface area (Å²) in [5, 5.41) is 5.09. The lowest BCUT2D eigenvalue weighted by atomic mass is 10.1. The number of sulfonamides is 1. The number of amides is 1. The number of carbonyl (C=O) groups excluding carboxylic acids is 1. The predicted octanol–water partition coefficient (Wildman–Crippen LogP) is 1.51. The Balaban J connectivity index is 2.24. The molecule has 1 aliphatic heterocycles. The lowest BCUT2D eigenvalue weighted by molar-refractivity contribution is 0.0786. The number of hydrogen-bond donors (Lipinski definition) is 1. The summed E-state index contributed by atoms with van der Waals surface area (Å²) < 4.78 is 22.6. The first kappa shape index (κ1) is 15.0. The molecule has 1 aliphatic rings. The van der Waals surface area contributed by atoms with Crippen LogP contribution in [0.15, 0.2) is 23.1 Å². The molecule has 0 spiro atoms. The maximum atomic E-state index is 12.4. The van der Waals surface area contributed by atoms with Crippen molar-refractivity contribution >= 4 is 15.9 Å². The highest BCUT2D eigenvalue weighted by atomic mass is 32.2. The van der Waals surface area contributed by atoms with E-state index in [9.17, 15) is 13.2 Å². The molecule has 1 unspecified atom stereocenters. The number of likely N-dealkylation sites (tertiary alicyclic amines) is 1. The third-order valence-corrected chi connectivity index (χ3v) is 4.82. The molecule has 0 aromatic heterocycles. The third kappa shape index (κ3) is 3.02. The van der Waals surface area contributed by atoms with Crippen molar-refractivity contribution in [1.82, 2.24) is 4.90 Å². The number of aryl methyl sites for hydroxylation is 1. The number of nitrogens with two attached hydrogens (primary N) is 1. The van der Waals surface area contributed by atoms with Crippen molar-refractivity contribution in [1.29, 1.82) is 0 Å². The zero-order valence-corrected chi connectivity index (χ0v) is 12.6. The first-order valence-electron chi connectivity index (χ1n) is 6.75. The number of rotatable bonds is 3. The normalized spacial score (nSPS) is 19.4. The topological polar surface area (TPSA) is 80.5 Å². The zero-order chi connectivity index (χ0) is 14.9. The van der Waals surface area contributed by atoms with Crippen LogP contribution in [0.1, 0.15) is 35.7 Å². The van der Waals surface area contributed by atoms with Crippen molar-refractivity contribution in [3.05, 3.63) is 29.3 Å². The Labute approximate surface area is 119 Å². The van der Waals surface area contributed by atoms with Gasteiger partial charge in [-0.15, -0.1) is 0 Å². The lowest BCUT2D eigenvalue weighted by Crippen LogP contribution is -2.29. The minimum absolute atomic E-state index is 0.0283. The summed E-state index contributed by atoms with van der Waals surface area (Å²) in [7, 11) is -3.72. The molecule has 1 fully saturated rings. The van der Waals surface area contributed by atoms with Crippen LogP contribution in [0.3, 0.4) is 0 Å². The number of hydrogen-bond acceptors (Lipinski definition) is 3. The van der Waals surface area contributed by atoms with E-state index in [4.69, 9.17) is 5.14 Å². The van der Waals surface area contributed by atoms with E-state index in [1.165, 1.54) is 12.1 Å². The molecule has 110 valence electrons. The van der Waals surface area contributed by atoms with E-state index >= 15 is 0 Å². The van der Waals surface area contributed by atoms with E-state index in [-0.39, 0.29) is 10.8 Å². The van der Waals surface area contributed by atoms with Crippen molar-refractivity contribution in [3.63, 3.8) is 0 Å². The fourth-order valence-electron chi connectivity index (χ4n) is 2.57. The molecular weight excluding hydrogens is 276 g/mol. The Bertz CT molecular complexity index is 625. The van der Waals surface area contributed by atoms with Gasteiger partial charge in [0.1, 0.15) is 0 Å². The van der Waals surface area contributed by atoms with Crippen LogP contribution in [0.25, 0.3) is 0 Å². The first-order chi connectivity index (χ1) is 9.32. The van der Waals surface area contributed by atoms with Gasteiger partial charge in [0.05, 0.1) is 4.90 Å². The van der Waals surface area contributed by atoms with E-state index in [1.807, 2.05) is 4.90 Å². The summed E-state index contributed by atoms with van der Waals surface area (Å²) in [6, 6.07) is 4.40. The highest BCUT2D eigenvalue weighted by Gasteiger charge is 2.26. The molecule has 0 bridgehead atoms. The van der Waals surface area contributed by atoms with Gasteiger partial charge >= 0.3 is 0 Å². The van der Waals surface area contributed by atoms with Gasteiger partial charge < -0.3 is 4.90 Å². The molecule has 1 saturated heterocycles. The summed E-state index contributed by atoms with van der Waals surface area (Å²) in [6.45, 7) is 5.42. The predicted molar refractivity (Wildman–Crippen MR) is 76.9 cm³/mol. The largest absolute Gasteiger partial charge is 0.338 e. The fourth-order valence-corrected chi connectivity index (χ4v) is 3.17. The molecule has 1 aromatic carbocycles. The maximum Gasteiger partial charge on any atom is 0.254 e. The van der Waals surface area contributed by atoms with Gasteiger partial charge in [-0.1, -0.05) is 13.3 Å². The number of carbonyl (C=O) groups is 1. The van der Waals surface area contributed by atoms with Crippen LogP contribution in [0, 0.1) is 12.8 Å². The lowest BCUT2D eigenvalue weighted by Gasteiger charge is -2.18. The second kappa shape index (κ2) is 5.54. The Kier molecular flexibility index (Phi) is 4.15. The van der Waals surface area contributed by atoms with E-state index in [0.29, 0.717) is 17.0 Å². The number of primary sulfonamides is 1. The van der Waals surface area contributed by atoms with Gasteiger partial charge in [0, 0.05) is 18.7 Å². The molecule has 6 heteroatoms. The molecule has 0 saturated carbocycles. The zero-order valence-electron chi connectivity index (χ0n) is 11.8. The number of nitrogens with zero attached hydrogens (tertiary/aromatic N) is 1. The third-order valence-electron chi connectivity index (χ3n) is 3.91. The van der Waals surface area contributed by atoms with Crippen molar-refractivity contribution in [2.24, 2.45) is 11.1 Å². The smallest absolute Gasteiger partial charge is 0.254 e. The van der Waals surface area contributed by atoms with E-state index in [1.54, 1.807) is 13.0 Å². The van der Waals surface area contributed by atoms with Crippen molar-refractivity contribution in [2.75, 3.05) is 13.1 Å². The average Bonchev–Trinajstić information content (AvgIpc) is 2.85. The van der Waals surface area contributed by atoms with Gasteiger partial charge in [-0.05, 0) is 43.0 Å². The molecule has 2 N–H and O–H groups in total. The second-order valence-corrected chi connectivity index (χ2v) is 6.90. The molecule has 2 rings (SSSR count). The van der Waals surface area contributed by atoms with Crippen LogP contribution in [-0.2, 0) is 10.0 Å². The monoisotopic (exact) mass is 296 g/mol. The summed E-state index contributed by atoms with van der Waals surface area (Å²) in [4.78, 5) is 14.3. The summed E-state index contributed by atoms with van der Waals surface area (Å²) in [6.07, 6.45) is 2.11. The van der Waals surface area contributed by atoms with Crippen LogP contribution >= 0.6 is 0 Å². The van der Waals surface area contributed by atoms with Crippen LogP contribution in [-0.4, -0.2) is 32.3 Å². The van der Waals surface area contributed by atoms with Crippen LogP contribution in [0.4, 0.5) is 0 Å². The highest BCUT2D eigenvalue weighted by Crippen LogP contribution is 2.23. The Morgan fingerprint density at radius 3 is 2.65 bits per heavy atom. The molecule has 1 atom stereocenters. The Hall–Kier alpha value is -1.40. The first-order valence-corrected chi connectivity index (χ1v) is 8.30. The summed E-state index contributed by atoms with van der Waals surface area (Å²) >= 11 is 0.